The van der Waals surface area contributed by atoms with E-state index in [4.69, 9.17) is 14.2 Å². The molecule has 6 nitrogen and oxygen atoms in total. The Hall–Kier alpha value is -4.19. The maximum Gasteiger partial charge on any atom is 0.272 e. The number of aryl methyl sites for hydroxylation is 1. The smallest absolute Gasteiger partial charge is 0.272 e. The van der Waals surface area contributed by atoms with Crippen molar-refractivity contribution >= 4 is 11.6 Å². The summed E-state index contributed by atoms with van der Waals surface area (Å²) in [5.41, 5.74) is 9.01. The highest BCUT2D eigenvalue weighted by atomic mass is 16.5. The summed E-state index contributed by atoms with van der Waals surface area (Å²) in [5.74, 6) is 1.25. The van der Waals surface area contributed by atoms with Crippen molar-refractivity contribution in [1.29, 1.82) is 0 Å². The Morgan fingerprint density at radius 1 is 0.814 bits per heavy atom. The highest BCUT2D eigenvalue weighted by Crippen LogP contribution is 2.47. The molecule has 1 aromatic heterocycles. The number of methoxy groups -OCH3 is 3. The van der Waals surface area contributed by atoms with Crippen LogP contribution in [0.1, 0.15) is 84.5 Å². The van der Waals surface area contributed by atoms with Gasteiger partial charge in [-0.1, -0.05) is 70.2 Å². The van der Waals surface area contributed by atoms with E-state index in [0.29, 0.717) is 35.2 Å². The molecule has 6 heteroatoms. The zero-order valence-electron chi connectivity index (χ0n) is 26.8. The van der Waals surface area contributed by atoms with Gasteiger partial charge in [-0.2, -0.15) is 0 Å². The second-order valence-corrected chi connectivity index (χ2v) is 12.9. The van der Waals surface area contributed by atoms with Crippen molar-refractivity contribution in [2.45, 2.75) is 71.3 Å². The summed E-state index contributed by atoms with van der Waals surface area (Å²) >= 11 is 0. The first kappa shape index (κ1) is 30.3. The monoisotopic (exact) mass is 580 g/mol. The van der Waals surface area contributed by atoms with Crippen LogP contribution in [0.2, 0.25) is 0 Å². The highest BCUT2D eigenvalue weighted by Gasteiger charge is 2.37. The van der Waals surface area contributed by atoms with E-state index in [2.05, 4.69) is 74.8 Å². The lowest BCUT2D eigenvalue weighted by molar-refractivity contribution is 0.101. The number of amides is 1. The predicted octanol–water partition coefficient (Wildman–Crippen LogP) is 8.06. The number of anilines is 1. The fourth-order valence-corrected chi connectivity index (χ4v) is 6.27. The van der Waals surface area contributed by atoms with Gasteiger partial charge in [0, 0.05) is 30.8 Å². The molecule has 0 saturated carbocycles. The second kappa shape index (κ2) is 11.8. The molecule has 3 aromatic carbocycles. The molecular weight excluding hydrogens is 536 g/mol. The molecule has 4 aromatic rings. The Kier molecular flexibility index (Phi) is 8.33. The Labute approximate surface area is 256 Å². The fraction of sp³-hybridized carbons (Fsp3) is 0.378. The number of fused-ring (bicyclic) bond motifs is 1. The van der Waals surface area contributed by atoms with Gasteiger partial charge in [0.05, 0.1) is 21.3 Å². The molecule has 226 valence electrons. The van der Waals surface area contributed by atoms with Crippen molar-refractivity contribution in [3.05, 3.63) is 106 Å². The third-order valence-corrected chi connectivity index (χ3v) is 9.12. The molecule has 0 saturated heterocycles. The first-order valence-corrected chi connectivity index (χ1v) is 15.0. The van der Waals surface area contributed by atoms with Crippen molar-refractivity contribution in [2.24, 2.45) is 0 Å². The minimum absolute atomic E-state index is 0.126. The van der Waals surface area contributed by atoms with Crippen molar-refractivity contribution in [3.63, 3.8) is 0 Å². The largest absolute Gasteiger partial charge is 0.496 e. The number of rotatable bonds is 9. The van der Waals surface area contributed by atoms with E-state index in [0.717, 1.165) is 17.7 Å². The summed E-state index contributed by atoms with van der Waals surface area (Å²) in [6, 6.07) is 22.5. The number of hydrogen-bond acceptors (Lipinski definition) is 4. The maximum absolute atomic E-state index is 13.9. The van der Waals surface area contributed by atoms with Gasteiger partial charge in [0.2, 0.25) is 0 Å². The number of ether oxygens (including phenoxy) is 3. The third-order valence-electron chi connectivity index (χ3n) is 9.12. The molecule has 0 atom stereocenters. The number of nitrogens with zero attached hydrogens (tertiary/aromatic N) is 1. The standard InChI is InChI=1S/C37H44N2O4/c1-24-18-29-30(37(4,5)17-16-36(29,2)3)20-26(24)19-27-14-15-31(39(27)23-25-12-10-9-11-13-25)35(40)38-34-32(42-7)21-28(41-6)22-33(34)43-8/h9-15,18,20-22H,16-17,19,23H2,1-8H3,(H,38,40). The van der Waals surface area contributed by atoms with Gasteiger partial charge < -0.3 is 24.1 Å². The summed E-state index contributed by atoms with van der Waals surface area (Å²) in [5, 5.41) is 3.06. The number of aromatic nitrogens is 1. The molecule has 43 heavy (non-hydrogen) atoms. The Morgan fingerprint density at radius 2 is 1.42 bits per heavy atom. The third kappa shape index (κ3) is 6.01. The highest BCUT2D eigenvalue weighted by molar-refractivity contribution is 6.05. The van der Waals surface area contributed by atoms with Crippen molar-refractivity contribution < 1.29 is 19.0 Å². The molecule has 0 radical (unpaired) electrons. The van der Waals surface area contributed by atoms with Crippen molar-refractivity contribution in [2.75, 3.05) is 26.6 Å². The Bertz CT molecular complexity index is 1610. The van der Waals surface area contributed by atoms with Crippen LogP contribution in [0.4, 0.5) is 5.69 Å². The minimum atomic E-state index is -0.242. The van der Waals surface area contributed by atoms with Gasteiger partial charge in [0.25, 0.3) is 5.91 Å². The first-order valence-electron chi connectivity index (χ1n) is 15.0. The fourth-order valence-electron chi connectivity index (χ4n) is 6.27. The summed E-state index contributed by atoms with van der Waals surface area (Å²) in [6.07, 6.45) is 3.08. The van der Waals surface area contributed by atoms with Gasteiger partial charge >= 0.3 is 0 Å². The molecule has 1 amide bonds. The average Bonchev–Trinajstić information content (AvgIpc) is 3.38. The van der Waals surface area contributed by atoms with Crippen LogP contribution in [-0.2, 0) is 23.8 Å². The predicted molar refractivity (Wildman–Crippen MR) is 173 cm³/mol. The van der Waals surface area contributed by atoms with E-state index in [-0.39, 0.29) is 16.7 Å². The molecule has 0 bridgehead atoms. The van der Waals surface area contributed by atoms with Crippen LogP contribution in [-0.4, -0.2) is 31.8 Å². The number of nitrogens with one attached hydrogen (secondary N) is 1. The van der Waals surface area contributed by atoms with Gasteiger partial charge in [-0.15, -0.1) is 0 Å². The Morgan fingerprint density at radius 3 is 2.00 bits per heavy atom. The molecule has 1 aliphatic rings. The Balaban J connectivity index is 1.55. The summed E-state index contributed by atoms with van der Waals surface area (Å²) in [6.45, 7) is 12.2. The summed E-state index contributed by atoms with van der Waals surface area (Å²) in [7, 11) is 4.70. The molecule has 1 aliphatic carbocycles. The van der Waals surface area contributed by atoms with Crippen molar-refractivity contribution in [1.82, 2.24) is 4.57 Å². The van der Waals surface area contributed by atoms with Crippen LogP contribution in [0.15, 0.2) is 66.7 Å². The van der Waals surface area contributed by atoms with E-state index in [9.17, 15) is 4.79 Å². The lowest BCUT2D eigenvalue weighted by atomic mass is 9.62. The van der Waals surface area contributed by atoms with Gasteiger partial charge in [-0.3, -0.25) is 4.79 Å². The van der Waals surface area contributed by atoms with Gasteiger partial charge in [0.1, 0.15) is 28.6 Å². The van der Waals surface area contributed by atoms with E-state index in [1.807, 2.05) is 24.3 Å². The van der Waals surface area contributed by atoms with E-state index in [1.165, 1.54) is 35.1 Å². The summed E-state index contributed by atoms with van der Waals surface area (Å²) < 4.78 is 18.7. The number of carbonyl (C=O) groups excluding carboxylic acids is 1. The number of benzene rings is 3. The van der Waals surface area contributed by atoms with E-state index >= 15 is 0 Å². The van der Waals surface area contributed by atoms with Gasteiger partial charge in [-0.25, -0.2) is 0 Å². The quantitative estimate of drug-likeness (QED) is 0.218. The van der Waals surface area contributed by atoms with Crippen LogP contribution in [0.5, 0.6) is 17.2 Å². The normalized spacial score (nSPS) is 15.0. The molecule has 0 spiro atoms. The maximum atomic E-state index is 13.9. The molecule has 0 fully saturated rings. The van der Waals surface area contributed by atoms with Gasteiger partial charge in [-0.05, 0) is 70.5 Å². The summed E-state index contributed by atoms with van der Waals surface area (Å²) in [4.78, 5) is 13.9. The lowest BCUT2D eigenvalue weighted by Gasteiger charge is -2.42. The molecule has 5 rings (SSSR count). The van der Waals surface area contributed by atoms with Crippen LogP contribution in [0, 0.1) is 6.92 Å². The molecule has 1 N–H and O–H groups in total. The van der Waals surface area contributed by atoms with Crippen LogP contribution in [0.3, 0.4) is 0 Å². The zero-order chi connectivity index (χ0) is 30.9. The van der Waals surface area contributed by atoms with Crippen LogP contribution < -0.4 is 19.5 Å². The zero-order valence-corrected chi connectivity index (χ0v) is 26.8. The first-order chi connectivity index (χ1) is 20.5. The second-order valence-electron chi connectivity index (χ2n) is 12.9. The minimum Gasteiger partial charge on any atom is -0.496 e. The van der Waals surface area contributed by atoms with E-state index < -0.39 is 0 Å². The van der Waals surface area contributed by atoms with E-state index in [1.54, 1.807) is 33.5 Å². The van der Waals surface area contributed by atoms with Crippen molar-refractivity contribution in [3.8, 4) is 17.2 Å². The average molecular weight is 581 g/mol. The number of hydrogen-bond donors (Lipinski definition) is 1. The molecular formula is C37H44N2O4. The topological polar surface area (TPSA) is 61.7 Å². The molecule has 1 heterocycles. The molecule has 0 unspecified atom stereocenters. The van der Waals surface area contributed by atoms with Crippen LogP contribution in [0.25, 0.3) is 0 Å². The SMILES string of the molecule is COc1cc(OC)c(NC(=O)c2ccc(Cc3cc4c(cc3C)C(C)(C)CCC4(C)C)n2Cc2ccccc2)c(OC)c1. The molecule has 0 aliphatic heterocycles. The lowest BCUT2D eigenvalue weighted by Crippen LogP contribution is -2.34. The van der Waals surface area contributed by atoms with Gasteiger partial charge in [0.15, 0.2) is 0 Å². The van der Waals surface area contributed by atoms with Crippen LogP contribution >= 0.6 is 0 Å². The number of carbonyl (C=O) groups is 1.